The predicted octanol–water partition coefficient (Wildman–Crippen LogP) is 2.61. The van der Waals surface area contributed by atoms with E-state index in [4.69, 9.17) is 0 Å². The number of hydrogen-bond donors (Lipinski definition) is 1. The molecule has 0 aliphatic rings. The van der Waals surface area contributed by atoms with E-state index in [1.54, 1.807) is 0 Å². The Morgan fingerprint density at radius 2 is 2.18 bits per heavy atom. The summed E-state index contributed by atoms with van der Waals surface area (Å²) in [5, 5.41) is 7.95. The number of aryl methyl sites for hydroxylation is 2. The molecule has 0 unspecified atom stereocenters. The molecule has 0 bridgehead atoms. The first-order valence-corrected chi connectivity index (χ1v) is 7.88. The summed E-state index contributed by atoms with van der Waals surface area (Å²) in [6.07, 6.45) is 9.28. The highest BCUT2D eigenvalue weighted by Crippen LogP contribution is 2.07. The molecule has 1 aromatic rings. The maximum Gasteiger partial charge on any atom is 0.0666 e. The lowest BCUT2D eigenvalue weighted by molar-refractivity contribution is 0.616. The van der Waals surface area contributed by atoms with E-state index in [1.807, 2.05) is 23.5 Å². The molecule has 0 atom stereocenters. The lowest BCUT2D eigenvalue weighted by atomic mass is 10.2. The third-order valence-electron chi connectivity index (χ3n) is 2.84. The summed E-state index contributed by atoms with van der Waals surface area (Å²) >= 11 is 1.94. The van der Waals surface area contributed by atoms with Crippen molar-refractivity contribution in [3.63, 3.8) is 0 Å². The fourth-order valence-electron chi connectivity index (χ4n) is 1.93. The van der Waals surface area contributed by atoms with Gasteiger partial charge < -0.3 is 5.32 Å². The van der Waals surface area contributed by atoms with Gasteiger partial charge >= 0.3 is 0 Å². The van der Waals surface area contributed by atoms with Crippen molar-refractivity contribution in [3.05, 3.63) is 17.5 Å². The van der Waals surface area contributed by atoms with Gasteiger partial charge in [0.15, 0.2) is 0 Å². The Bertz CT molecular complexity index is 310. The molecule has 1 N–H and O–H groups in total. The van der Waals surface area contributed by atoms with Crippen molar-refractivity contribution in [2.75, 3.05) is 18.6 Å². The Morgan fingerprint density at radius 1 is 1.35 bits per heavy atom. The van der Waals surface area contributed by atoms with Gasteiger partial charge in [0.2, 0.25) is 0 Å². The minimum atomic E-state index is 0.958. The van der Waals surface area contributed by atoms with Gasteiger partial charge in [-0.15, -0.1) is 0 Å². The van der Waals surface area contributed by atoms with E-state index in [1.165, 1.54) is 36.3 Å². The molecule has 0 saturated carbocycles. The van der Waals surface area contributed by atoms with Crippen LogP contribution in [0.2, 0.25) is 0 Å². The van der Waals surface area contributed by atoms with Crippen molar-refractivity contribution in [1.82, 2.24) is 15.1 Å². The quantitative estimate of drug-likeness (QED) is 0.688. The minimum absolute atomic E-state index is 0.958. The molecule has 98 valence electrons. The zero-order valence-corrected chi connectivity index (χ0v) is 12.1. The normalized spacial score (nSPS) is 11.0. The minimum Gasteiger partial charge on any atom is -0.313 e. The van der Waals surface area contributed by atoms with Crippen LogP contribution >= 0.6 is 11.8 Å². The first-order chi connectivity index (χ1) is 8.27. The molecule has 0 aliphatic heterocycles. The first kappa shape index (κ1) is 14.6. The van der Waals surface area contributed by atoms with Crippen molar-refractivity contribution >= 4 is 11.8 Å². The van der Waals surface area contributed by atoms with Gasteiger partial charge in [0, 0.05) is 25.4 Å². The maximum atomic E-state index is 4.44. The Balaban J connectivity index is 2.13. The molecular weight excluding hydrogens is 230 g/mol. The molecule has 1 aromatic heterocycles. The van der Waals surface area contributed by atoms with Gasteiger partial charge in [0.25, 0.3) is 0 Å². The van der Waals surface area contributed by atoms with Crippen LogP contribution < -0.4 is 5.32 Å². The summed E-state index contributed by atoms with van der Waals surface area (Å²) in [7, 11) is 1.99. The van der Waals surface area contributed by atoms with Gasteiger partial charge in [0.1, 0.15) is 0 Å². The number of thioether (sulfide) groups is 1. The number of nitrogens with one attached hydrogen (secondary N) is 1. The molecule has 0 amide bonds. The number of unbranched alkanes of at least 4 members (excludes halogenated alkanes) is 2. The van der Waals surface area contributed by atoms with Crippen molar-refractivity contribution in [2.45, 2.75) is 39.2 Å². The molecule has 0 spiro atoms. The first-order valence-electron chi connectivity index (χ1n) is 6.49. The largest absolute Gasteiger partial charge is 0.313 e. The Hall–Kier alpha value is -0.480. The average molecular weight is 255 g/mol. The molecule has 17 heavy (non-hydrogen) atoms. The highest BCUT2D eigenvalue weighted by Gasteiger charge is 2.04. The highest BCUT2D eigenvalue weighted by molar-refractivity contribution is 7.98. The SMILES string of the molecule is CCc1nn(C)cc1CNCCCCCSC. The van der Waals surface area contributed by atoms with Crippen LogP contribution in [0.3, 0.4) is 0 Å². The van der Waals surface area contributed by atoms with Gasteiger partial charge in [0.05, 0.1) is 5.69 Å². The molecule has 1 heterocycles. The summed E-state index contributed by atoms with van der Waals surface area (Å²) in [5.41, 5.74) is 2.57. The Kier molecular flexibility index (Phi) is 7.37. The average Bonchev–Trinajstić information content (AvgIpc) is 2.68. The fourth-order valence-corrected chi connectivity index (χ4v) is 2.42. The van der Waals surface area contributed by atoms with E-state index >= 15 is 0 Å². The van der Waals surface area contributed by atoms with Crippen LogP contribution in [0.1, 0.15) is 37.4 Å². The van der Waals surface area contributed by atoms with Crippen LogP contribution in [0.4, 0.5) is 0 Å². The van der Waals surface area contributed by atoms with Crippen LogP contribution in [-0.4, -0.2) is 28.3 Å². The molecule has 4 heteroatoms. The molecular formula is C13H25N3S. The third kappa shape index (κ3) is 5.59. The van der Waals surface area contributed by atoms with E-state index in [0.29, 0.717) is 0 Å². The zero-order chi connectivity index (χ0) is 12.5. The summed E-state index contributed by atoms with van der Waals surface area (Å²) in [5.74, 6) is 1.29. The predicted molar refractivity (Wildman–Crippen MR) is 76.5 cm³/mol. The van der Waals surface area contributed by atoms with E-state index in [9.17, 15) is 0 Å². The molecule has 3 nitrogen and oxygen atoms in total. The Labute approximate surface area is 109 Å². The van der Waals surface area contributed by atoms with Crippen molar-refractivity contribution < 1.29 is 0 Å². The lowest BCUT2D eigenvalue weighted by Gasteiger charge is -2.04. The topological polar surface area (TPSA) is 29.9 Å². The molecule has 0 aromatic carbocycles. The van der Waals surface area contributed by atoms with Gasteiger partial charge in [-0.3, -0.25) is 4.68 Å². The van der Waals surface area contributed by atoms with E-state index in [2.05, 4.69) is 29.8 Å². The third-order valence-corrected chi connectivity index (χ3v) is 3.54. The van der Waals surface area contributed by atoms with Gasteiger partial charge in [-0.2, -0.15) is 16.9 Å². The van der Waals surface area contributed by atoms with E-state index in [0.717, 1.165) is 19.5 Å². The summed E-state index contributed by atoms with van der Waals surface area (Å²) in [6.45, 7) is 4.24. The molecule has 0 saturated heterocycles. The second-order valence-corrected chi connectivity index (χ2v) is 5.34. The molecule has 0 fully saturated rings. The lowest BCUT2D eigenvalue weighted by Crippen LogP contribution is -2.15. The number of hydrogen-bond acceptors (Lipinski definition) is 3. The van der Waals surface area contributed by atoms with E-state index < -0.39 is 0 Å². The van der Waals surface area contributed by atoms with Gasteiger partial charge in [-0.05, 0) is 37.8 Å². The Morgan fingerprint density at radius 3 is 2.88 bits per heavy atom. The molecule has 1 rings (SSSR count). The van der Waals surface area contributed by atoms with Gasteiger partial charge in [-0.1, -0.05) is 13.3 Å². The number of aromatic nitrogens is 2. The van der Waals surface area contributed by atoms with Crippen molar-refractivity contribution in [1.29, 1.82) is 0 Å². The number of nitrogens with zero attached hydrogens (tertiary/aromatic N) is 2. The standard InChI is InChI=1S/C13H25N3S/c1-4-13-12(11-16(2)15-13)10-14-8-6-5-7-9-17-3/h11,14H,4-10H2,1-3H3. The fraction of sp³-hybridized carbons (Fsp3) is 0.769. The smallest absolute Gasteiger partial charge is 0.0666 e. The van der Waals surface area contributed by atoms with Crippen LogP contribution in [0.25, 0.3) is 0 Å². The van der Waals surface area contributed by atoms with Gasteiger partial charge in [-0.25, -0.2) is 0 Å². The second kappa shape index (κ2) is 8.59. The number of rotatable bonds is 9. The zero-order valence-electron chi connectivity index (χ0n) is 11.3. The van der Waals surface area contributed by atoms with Crippen LogP contribution in [0, 0.1) is 0 Å². The van der Waals surface area contributed by atoms with E-state index in [-0.39, 0.29) is 0 Å². The van der Waals surface area contributed by atoms with Crippen LogP contribution in [-0.2, 0) is 20.0 Å². The van der Waals surface area contributed by atoms with Crippen molar-refractivity contribution in [3.8, 4) is 0 Å². The molecule has 0 radical (unpaired) electrons. The second-order valence-electron chi connectivity index (χ2n) is 4.36. The van der Waals surface area contributed by atoms with Crippen LogP contribution in [0.15, 0.2) is 6.20 Å². The summed E-state index contributed by atoms with van der Waals surface area (Å²) < 4.78 is 1.91. The monoisotopic (exact) mass is 255 g/mol. The molecule has 0 aliphatic carbocycles. The summed E-state index contributed by atoms with van der Waals surface area (Å²) in [4.78, 5) is 0. The van der Waals surface area contributed by atoms with Crippen LogP contribution in [0.5, 0.6) is 0 Å². The maximum absolute atomic E-state index is 4.44. The summed E-state index contributed by atoms with van der Waals surface area (Å²) in [6, 6.07) is 0. The highest BCUT2D eigenvalue weighted by atomic mass is 32.2. The van der Waals surface area contributed by atoms with Crippen molar-refractivity contribution in [2.24, 2.45) is 7.05 Å².